The maximum atomic E-state index is 13.6. The standard InChI is InChI=1S/C11H15FN2/c1-10(2,12)9-7-8(3-6-14-9)11(13)4-5-11/h3,6-7H,4-5,13H2,1-2H3. The van der Waals surface area contributed by atoms with Crippen molar-refractivity contribution in [1.82, 2.24) is 4.98 Å². The first kappa shape index (κ1) is 9.59. The fourth-order valence-corrected chi connectivity index (χ4v) is 1.49. The second-order valence-corrected chi connectivity index (χ2v) is 4.56. The summed E-state index contributed by atoms with van der Waals surface area (Å²) in [5.41, 5.74) is 5.91. The van der Waals surface area contributed by atoms with Gasteiger partial charge in [0.25, 0.3) is 0 Å². The van der Waals surface area contributed by atoms with Gasteiger partial charge in [0.2, 0.25) is 0 Å². The summed E-state index contributed by atoms with van der Waals surface area (Å²) in [6, 6.07) is 3.66. The molecule has 3 heteroatoms. The minimum absolute atomic E-state index is 0.205. The highest BCUT2D eigenvalue weighted by Gasteiger charge is 2.40. The van der Waals surface area contributed by atoms with E-state index in [0.29, 0.717) is 5.69 Å². The number of pyridine rings is 1. The second kappa shape index (κ2) is 2.76. The van der Waals surface area contributed by atoms with E-state index >= 15 is 0 Å². The van der Waals surface area contributed by atoms with Crippen molar-refractivity contribution in [1.29, 1.82) is 0 Å². The molecule has 0 aliphatic heterocycles. The summed E-state index contributed by atoms with van der Waals surface area (Å²) in [4.78, 5) is 4.02. The van der Waals surface area contributed by atoms with Gasteiger partial charge in [-0.25, -0.2) is 4.39 Å². The van der Waals surface area contributed by atoms with E-state index in [1.54, 1.807) is 12.3 Å². The van der Waals surface area contributed by atoms with Gasteiger partial charge < -0.3 is 5.73 Å². The maximum absolute atomic E-state index is 13.6. The predicted octanol–water partition coefficient (Wildman–Crippen LogP) is 2.23. The molecular formula is C11H15FN2. The third-order valence-corrected chi connectivity index (χ3v) is 2.73. The molecular weight excluding hydrogens is 179 g/mol. The normalized spacial score (nSPS) is 19.4. The van der Waals surface area contributed by atoms with E-state index in [1.165, 1.54) is 13.8 Å². The van der Waals surface area contributed by atoms with Crippen LogP contribution in [0.1, 0.15) is 37.9 Å². The van der Waals surface area contributed by atoms with Crippen LogP contribution in [0.5, 0.6) is 0 Å². The molecule has 1 aromatic rings. The predicted molar refractivity (Wildman–Crippen MR) is 53.5 cm³/mol. The largest absolute Gasteiger partial charge is 0.321 e. The van der Waals surface area contributed by atoms with E-state index in [-0.39, 0.29) is 5.54 Å². The van der Waals surface area contributed by atoms with Gasteiger partial charge in [-0.1, -0.05) is 0 Å². The Morgan fingerprint density at radius 2 is 2.14 bits per heavy atom. The number of hydrogen-bond acceptors (Lipinski definition) is 2. The molecule has 1 heterocycles. The van der Waals surface area contributed by atoms with Crippen molar-refractivity contribution in [2.45, 2.75) is 37.9 Å². The fourth-order valence-electron chi connectivity index (χ4n) is 1.49. The lowest BCUT2D eigenvalue weighted by atomic mass is 10.0. The van der Waals surface area contributed by atoms with E-state index in [4.69, 9.17) is 5.73 Å². The Balaban J connectivity index is 2.37. The highest BCUT2D eigenvalue weighted by Crippen LogP contribution is 2.43. The Morgan fingerprint density at radius 3 is 2.64 bits per heavy atom. The van der Waals surface area contributed by atoms with Crippen molar-refractivity contribution in [2.24, 2.45) is 5.73 Å². The molecule has 1 fully saturated rings. The van der Waals surface area contributed by atoms with E-state index in [2.05, 4.69) is 4.98 Å². The lowest BCUT2D eigenvalue weighted by Gasteiger charge is -2.16. The smallest absolute Gasteiger partial charge is 0.147 e. The Bertz CT molecular complexity index is 330. The third-order valence-electron chi connectivity index (χ3n) is 2.73. The molecule has 1 aromatic heterocycles. The first-order valence-electron chi connectivity index (χ1n) is 4.87. The Kier molecular flexibility index (Phi) is 1.89. The Hall–Kier alpha value is -0.960. The van der Waals surface area contributed by atoms with Gasteiger partial charge in [-0.2, -0.15) is 0 Å². The summed E-state index contributed by atoms with van der Waals surface area (Å²) in [7, 11) is 0. The van der Waals surface area contributed by atoms with Crippen LogP contribution in [0, 0.1) is 0 Å². The van der Waals surface area contributed by atoms with Crippen LogP contribution in [-0.4, -0.2) is 4.98 Å². The van der Waals surface area contributed by atoms with E-state index in [1.807, 2.05) is 6.07 Å². The Morgan fingerprint density at radius 1 is 1.50 bits per heavy atom. The maximum Gasteiger partial charge on any atom is 0.147 e. The summed E-state index contributed by atoms with van der Waals surface area (Å²) >= 11 is 0. The van der Waals surface area contributed by atoms with Gasteiger partial charge in [0.1, 0.15) is 5.67 Å². The molecule has 1 aliphatic carbocycles. The van der Waals surface area contributed by atoms with Crippen LogP contribution < -0.4 is 5.73 Å². The van der Waals surface area contributed by atoms with Gasteiger partial charge in [0, 0.05) is 11.7 Å². The summed E-state index contributed by atoms with van der Waals surface area (Å²) in [5, 5.41) is 0. The van der Waals surface area contributed by atoms with Crippen LogP contribution >= 0.6 is 0 Å². The van der Waals surface area contributed by atoms with Crippen molar-refractivity contribution in [3.63, 3.8) is 0 Å². The van der Waals surface area contributed by atoms with E-state index in [0.717, 1.165) is 18.4 Å². The van der Waals surface area contributed by atoms with E-state index < -0.39 is 5.67 Å². The molecule has 0 saturated heterocycles. The quantitative estimate of drug-likeness (QED) is 0.784. The molecule has 1 aliphatic rings. The number of hydrogen-bond donors (Lipinski definition) is 1. The lowest BCUT2D eigenvalue weighted by molar-refractivity contribution is 0.214. The number of rotatable bonds is 2. The van der Waals surface area contributed by atoms with Crippen molar-refractivity contribution < 1.29 is 4.39 Å². The zero-order chi connectivity index (χ0) is 10.4. The molecule has 76 valence electrons. The molecule has 2 nitrogen and oxygen atoms in total. The molecule has 0 amide bonds. The number of nitrogens with zero attached hydrogens (tertiary/aromatic N) is 1. The molecule has 2 N–H and O–H groups in total. The minimum Gasteiger partial charge on any atom is -0.321 e. The van der Waals surface area contributed by atoms with Crippen molar-refractivity contribution in [3.8, 4) is 0 Å². The molecule has 1 saturated carbocycles. The van der Waals surface area contributed by atoms with Crippen molar-refractivity contribution in [2.75, 3.05) is 0 Å². The summed E-state index contributed by atoms with van der Waals surface area (Å²) in [5.74, 6) is 0. The number of halogens is 1. The van der Waals surface area contributed by atoms with Gasteiger partial charge in [0.05, 0.1) is 5.69 Å². The van der Waals surface area contributed by atoms with Gasteiger partial charge in [0.15, 0.2) is 0 Å². The van der Waals surface area contributed by atoms with Gasteiger partial charge in [-0.15, -0.1) is 0 Å². The first-order chi connectivity index (χ1) is 6.42. The van der Waals surface area contributed by atoms with Crippen molar-refractivity contribution in [3.05, 3.63) is 29.6 Å². The topological polar surface area (TPSA) is 38.9 Å². The Labute approximate surface area is 83.3 Å². The van der Waals surface area contributed by atoms with Crippen LogP contribution in [0.25, 0.3) is 0 Å². The fraction of sp³-hybridized carbons (Fsp3) is 0.545. The van der Waals surface area contributed by atoms with Crippen LogP contribution in [0.15, 0.2) is 18.3 Å². The number of alkyl halides is 1. The van der Waals surface area contributed by atoms with Crippen LogP contribution in [0.4, 0.5) is 4.39 Å². The minimum atomic E-state index is -1.39. The molecule has 0 radical (unpaired) electrons. The first-order valence-corrected chi connectivity index (χ1v) is 4.87. The third kappa shape index (κ3) is 1.64. The highest BCUT2D eigenvalue weighted by atomic mass is 19.1. The lowest BCUT2D eigenvalue weighted by Crippen LogP contribution is -2.20. The highest BCUT2D eigenvalue weighted by molar-refractivity contribution is 5.31. The molecule has 0 atom stereocenters. The number of aromatic nitrogens is 1. The molecule has 0 unspecified atom stereocenters. The summed E-state index contributed by atoms with van der Waals surface area (Å²) in [6.07, 6.45) is 3.62. The van der Waals surface area contributed by atoms with Gasteiger partial charge in [-0.05, 0) is 44.4 Å². The van der Waals surface area contributed by atoms with Crippen molar-refractivity contribution >= 4 is 0 Å². The average molecular weight is 194 g/mol. The monoisotopic (exact) mass is 194 g/mol. The van der Waals surface area contributed by atoms with Crippen LogP contribution in [0.2, 0.25) is 0 Å². The molecule has 14 heavy (non-hydrogen) atoms. The molecule has 0 bridgehead atoms. The second-order valence-electron chi connectivity index (χ2n) is 4.56. The SMILES string of the molecule is CC(C)(F)c1cc(C2(N)CC2)ccn1. The van der Waals surface area contributed by atoms with Crippen LogP contribution in [0.3, 0.4) is 0 Å². The van der Waals surface area contributed by atoms with E-state index in [9.17, 15) is 4.39 Å². The van der Waals surface area contributed by atoms with Gasteiger partial charge >= 0.3 is 0 Å². The van der Waals surface area contributed by atoms with Gasteiger partial charge in [-0.3, -0.25) is 4.98 Å². The average Bonchev–Trinajstić information content (AvgIpc) is 2.84. The zero-order valence-electron chi connectivity index (χ0n) is 8.55. The summed E-state index contributed by atoms with van der Waals surface area (Å²) in [6.45, 7) is 3.02. The molecule has 0 spiro atoms. The number of nitrogens with two attached hydrogens (primary N) is 1. The molecule has 2 rings (SSSR count). The molecule has 0 aromatic carbocycles. The summed E-state index contributed by atoms with van der Waals surface area (Å²) < 4.78 is 13.6. The van der Waals surface area contributed by atoms with Crippen LogP contribution in [-0.2, 0) is 11.2 Å². The zero-order valence-corrected chi connectivity index (χ0v) is 8.55.